The topological polar surface area (TPSA) is 80.8 Å². The molecule has 170 valence electrons. The molecule has 1 saturated heterocycles. The first kappa shape index (κ1) is 22.1. The van der Waals surface area contributed by atoms with E-state index in [2.05, 4.69) is 10.3 Å². The fourth-order valence-electron chi connectivity index (χ4n) is 4.48. The average Bonchev–Trinajstić information content (AvgIpc) is 3.33. The van der Waals surface area contributed by atoms with Crippen molar-refractivity contribution in [3.8, 4) is 11.5 Å². The Morgan fingerprint density at radius 3 is 2.66 bits per heavy atom. The maximum absolute atomic E-state index is 13.2. The minimum atomic E-state index is -0.263. The number of rotatable bonds is 6. The van der Waals surface area contributed by atoms with Gasteiger partial charge in [-0.15, -0.1) is 0 Å². The van der Waals surface area contributed by atoms with E-state index in [1.807, 2.05) is 25.1 Å². The number of hydrogen-bond donors (Lipinski definition) is 1. The molecule has 7 heteroatoms. The first-order valence-corrected chi connectivity index (χ1v) is 11.4. The van der Waals surface area contributed by atoms with Crippen LogP contribution in [0.5, 0.6) is 11.5 Å². The van der Waals surface area contributed by atoms with Gasteiger partial charge in [-0.25, -0.2) is 4.98 Å². The third kappa shape index (κ3) is 5.03. The molecule has 1 atom stereocenters. The molecule has 1 aromatic heterocycles. The molecule has 1 aliphatic carbocycles. The Morgan fingerprint density at radius 2 is 1.91 bits per heavy atom. The predicted molar refractivity (Wildman–Crippen MR) is 122 cm³/mol. The fourth-order valence-corrected chi connectivity index (χ4v) is 4.48. The van der Waals surface area contributed by atoms with Gasteiger partial charge < -0.3 is 19.7 Å². The summed E-state index contributed by atoms with van der Waals surface area (Å²) in [4.78, 5) is 32.0. The van der Waals surface area contributed by atoms with Crippen molar-refractivity contribution in [3.05, 3.63) is 47.7 Å². The van der Waals surface area contributed by atoms with E-state index < -0.39 is 0 Å². The molecular formula is C25H31N3O4. The van der Waals surface area contributed by atoms with E-state index in [9.17, 15) is 9.59 Å². The number of ether oxygens (including phenoxy) is 2. The Morgan fingerprint density at radius 1 is 1.09 bits per heavy atom. The molecule has 0 radical (unpaired) electrons. The average molecular weight is 438 g/mol. The van der Waals surface area contributed by atoms with E-state index in [0.717, 1.165) is 31.2 Å². The molecule has 1 N–H and O–H groups in total. The number of pyridine rings is 1. The van der Waals surface area contributed by atoms with Crippen LogP contribution < -0.4 is 14.8 Å². The van der Waals surface area contributed by atoms with E-state index in [1.165, 1.54) is 12.8 Å². The highest BCUT2D eigenvalue weighted by Gasteiger charge is 2.30. The lowest BCUT2D eigenvalue weighted by Crippen LogP contribution is -2.43. The highest BCUT2D eigenvalue weighted by atomic mass is 16.5. The first-order chi connectivity index (χ1) is 15.5. The van der Waals surface area contributed by atoms with E-state index in [1.54, 1.807) is 30.3 Å². The molecular weight excluding hydrogens is 406 g/mol. The Balaban J connectivity index is 1.42. The van der Waals surface area contributed by atoms with Gasteiger partial charge in [0.15, 0.2) is 11.5 Å². The number of likely N-dealkylation sites (tertiary alicyclic amines) is 1. The minimum absolute atomic E-state index is 0.0952. The summed E-state index contributed by atoms with van der Waals surface area (Å²) in [5, 5.41) is 2.91. The van der Waals surface area contributed by atoms with Crippen molar-refractivity contribution in [1.29, 1.82) is 0 Å². The summed E-state index contributed by atoms with van der Waals surface area (Å²) in [5.41, 5.74) is 1.46. The van der Waals surface area contributed by atoms with Crippen molar-refractivity contribution in [1.82, 2.24) is 9.88 Å². The molecule has 1 saturated carbocycles. The molecule has 32 heavy (non-hydrogen) atoms. The normalized spacial score (nSPS) is 18.9. The summed E-state index contributed by atoms with van der Waals surface area (Å²) in [7, 11) is 1.59. The molecule has 4 rings (SSSR count). The number of amides is 2. The van der Waals surface area contributed by atoms with Gasteiger partial charge in [-0.1, -0.05) is 6.07 Å². The number of carbonyl (C=O) groups is 2. The quantitative estimate of drug-likeness (QED) is 0.732. The molecule has 0 spiro atoms. The number of anilines is 1. The highest BCUT2D eigenvalue weighted by Crippen LogP contribution is 2.33. The van der Waals surface area contributed by atoms with Gasteiger partial charge in [-0.2, -0.15) is 0 Å². The zero-order chi connectivity index (χ0) is 22.5. The lowest BCUT2D eigenvalue weighted by Gasteiger charge is -2.32. The summed E-state index contributed by atoms with van der Waals surface area (Å²) < 4.78 is 11.6. The third-order valence-electron chi connectivity index (χ3n) is 6.34. The highest BCUT2D eigenvalue weighted by molar-refractivity contribution is 5.96. The van der Waals surface area contributed by atoms with Gasteiger partial charge in [-0.3, -0.25) is 9.59 Å². The van der Waals surface area contributed by atoms with Crippen LogP contribution in [-0.4, -0.2) is 48.0 Å². The molecule has 2 aromatic rings. The largest absolute Gasteiger partial charge is 0.493 e. The van der Waals surface area contributed by atoms with Crippen molar-refractivity contribution in [3.63, 3.8) is 0 Å². The number of aryl methyl sites for hydroxylation is 1. The maximum Gasteiger partial charge on any atom is 0.254 e. The van der Waals surface area contributed by atoms with Crippen molar-refractivity contribution in [2.45, 2.75) is 51.6 Å². The molecule has 7 nitrogen and oxygen atoms in total. The number of hydrogen-bond acceptors (Lipinski definition) is 5. The fraction of sp³-hybridized carbons (Fsp3) is 0.480. The smallest absolute Gasteiger partial charge is 0.254 e. The first-order valence-electron chi connectivity index (χ1n) is 11.4. The van der Waals surface area contributed by atoms with Crippen LogP contribution in [-0.2, 0) is 4.79 Å². The lowest BCUT2D eigenvalue weighted by atomic mass is 9.96. The van der Waals surface area contributed by atoms with Gasteiger partial charge in [-0.05, 0) is 75.3 Å². The lowest BCUT2D eigenvalue weighted by molar-refractivity contribution is -0.121. The number of nitrogens with zero attached hydrogens (tertiary/aromatic N) is 2. The molecule has 0 bridgehead atoms. The van der Waals surface area contributed by atoms with Gasteiger partial charge in [0.1, 0.15) is 5.82 Å². The summed E-state index contributed by atoms with van der Waals surface area (Å²) >= 11 is 0. The van der Waals surface area contributed by atoms with Crippen molar-refractivity contribution in [2.24, 2.45) is 5.92 Å². The molecule has 2 fully saturated rings. The van der Waals surface area contributed by atoms with E-state index in [4.69, 9.17) is 9.47 Å². The molecule has 1 aromatic carbocycles. The second-order valence-corrected chi connectivity index (χ2v) is 8.64. The zero-order valence-electron chi connectivity index (χ0n) is 18.8. The molecule has 2 aliphatic rings. The maximum atomic E-state index is 13.2. The van der Waals surface area contributed by atoms with Crippen LogP contribution in [0.4, 0.5) is 5.82 Å². The standard InChI is InChI=1S/C25H31N3O4/c1-17-7-5-13-26-23(17)27-24(29)19-8-6-14-28(16-19)25(30)18-11-12-21(22(15-18)31-2)32-20-9-3-4-10-20/h5,7,11-13,15,19-20H,3-4,6,8-10,14,16H2,1-2H3,(H,26,27,29). The number of benzene rings is 1. The van der Waals surface area contributed by atoms with Gasteiger partial charge in [0.2, 0.25) is 5.91 Å². The number of methoxy groups -OCH3 is 1. The third-order valence-corrected chi connectivity index (χ3v) is 6.34. The molecule has 1 aliphatic heterocycles. The van der Waals surface area contributed by atoms with Crippen LogP contribution in [0.2, 0.25) is 0 Å². The van der Waals surface area contributed by atoms with Crippen LogP contribution in [0.15, 0.2) is 36.5 Å². The second kappa shape index (κ2) is 10.0. The van der Waals surface area contributed by atoms with Crippen LogP contribution in [0.3, 0.4) is 0 Å². The van der Waals surface area contributed by atoms with Crippen LogP contribution in [0.25, 0.3) is 0 Å². The minimum Gasteiger partial charge on any atom is -0.493 e. The van der Waals surface area contributed by atoms with Crippen molar-refractivity contribution < 1.29 is 19.1 Å². The number of nitrogens with one attached hydrogen (secondary N) is 1. The van der Waals surface area contributed by atoms with Gasteiger partial charge in [0.05, 0.1) is 19.1 Å². The van der Waals surface area contributed by atoms with Crippen LogP contribution >= 0.6 is 0 Å². The summed E-state index contributed by atoms with van der Waals surface area (Å²) in [6.07, 6.45) is 7.89. The SMILES string of the molecule is COc1cc(C(=O)N2CCCC(C(=O)Nc3ncccc3C)C2)ccc1OC1CCCC1. The number of carbonyl (C=O) groups excluding carboxylic acids is 2. The Kier molecular flexibility index (Phi) is 6.93. The molecule has 2 amide bonds. The molecule has 1 unspecified atom stereocenters. The Bertz CT molecular complexity index is 971. The van der Waals surface area contributed by atoms with Gasteiger partial charge in [0, 0.05) is 24.8 Å². The predicted octanol–water partition coefficient (Wildman–Crippen LogP) is 4.21. The van der Waals surface area contributed by atoms with Gasteiger partial charge >= 0.3 is 0 Å². The molecule has 2 heterocycles. The van der Waals surface area contributed by atoms with E-state index in [-0.39, 0.29) is 23.8 Å². The Labute approximate surface area is 189 Å². The number of aromatic nitrogens is 1. The summed E-state index contributed by atoms with van der Waals surface area (Å²) in [5.74, 6) is 1.37. The monoisotopic (exact) mass is 437 g/mol. The van der Waals surface area contributed by atoms with Crippen molar-refractivity contribution in [2.75, 3.05) is 25.5 Å². The summed E-state index contributed by atoms with van der Waals surface area (Å²) in [6, 6.07) is 9.10. The van der Waals surface area contributed by atoms with E-state index >= 15 is 0 Å². The number of piperidine rings is 1. The van der Waals surface area contributed by atoms with Crippen LogP contribution in [0, 0.1) is 12.8 Å². The van der Waals surface area contributed by atoms with Crippen molar-refractivity contribution >= 4 is 17.6 Å². The van der Waals surface area contributed by atoms with E-state index in [0.29, 0.717) is 36.0 Å². The second-order valence-electron chi connectivity index (χ2n) is 8.64. The van der Waals surface area contributed by atoms with Crippen LogP contribution in [0.1, 0.15) is 54.4 Å². The Hall–Kier alpha value is -3.09. The summed E-state index contributed by atoms with van der Waals surface area (Å²) in [6.45, 7) is 2.93. The van der Waals surface area contributed by atoms with Gasteiger partial charge in [0.25, 0.3) is 5.91 Å². The zero-order valence-corrected chi connectivity index (χ0v) is 18.8.